The predicted molar refractivity (Wildman–Crippen MR) is 39.1 cm³/mol. The molecule has 0 radical (unpaired) electrons. The minimum Gasteiger partial charge on any atom is -0.341 e. The van der Waals surface area contributed by atoms with Crippen LogP contribution in [0.4, 0.5) is 0 Å². The van der Waals surface area contributed by atoms with Crippen LogP contribution in [0.2, 0.25) is 0 Å². The second kappa shape index (κ2) is 1.88. The molecule has 0 unspecified atom stereocenters. The van der Waals surface area contributed by atoms with Crippen molar-refractivity contribution in [1.29, 1.82) is 0 Å². The Labute approximate surface area is 61.3 Å². The molecular formula is C5H4N4S. The second-order valence-corrected chi connectivity index (χ2v) is 2.22. The number of H-pyrrole nitrogens is 2. The third-order valence-corrected chi connectivity index (χ3v) is 1.55. The normalized spacial score (nSPS) is 10.4. The Morgan fingerprint density at radius 3 is 2.80 bits per heavy atom. The van der Waals surface area contributed by atoms with Crippen molar-refractivity contribution in [3.05, 3.63) is 17.3 Å². The van der Waals surface area contributed by atoms with E-state index in [0.717, 1.165) is 11.2 Å². The number of nitrogens with zero attached hydrogens (tertiary/aromatic N) is 2. The van der Waals surface area contributed by atoms with E-state index >= 15 is 0 Å². The summed E-state index contributed by atoms with van der Waals surface area (Å²) in [5, 5.41) is 0. The number of rotatable bonds is 0. The molecule has 0 spiro atoms. The first-order valence-corrected chi connectivity index (χ1v) is 3.15. The molecule has 50 valence electrons. The number of imidazole rings is 1. The van der Waals surface area contributed by atoms with Crippen LogP contribution in [0.25, 0.3) is 11.2 Å². The minimum absolute atomic E-state index is 0.547. The van der Waals surface area contributed by atoms with Gasteiger partial charge in [-0.1, -0.05) is 12.2 Å². The Balaban J connectivity index is 3.09. The number of aromatic amines is 2. The summed E-state index contributed by atoms with van der Waals surface area (Å²) in [5.74, 6) is 0. The van der Waals surface area contributed by atoms with Gasteiger partial charge in [-0.15, -0.1) is 0 Å². The monoisotopic (exact) mass is 155 g/mol. The van der Waals surface area contributed by atoms with Gasteiger partial charge in [-0.3, -0.25) is 0 Å². The van der Waals surface area contributed by atoms with Crippen molar-refractivity contribution in [2.75, 3.05) is 0 Å². The molecule has 0 fully saturated rings. The number of nitrogens with one attached hydrogen (secondary N) is 2. The summed E-state index contributed by atoms with van der Waals surface area (Å²) in [5.41, 5.74) is 1.54. The van der Waals surface area contributed by atoms with Crippen molar-refractivity contribution >= 4 is 23.4 Å². The maximum atomic E-state index is 4.91. The minimum atomic E-state index is 0.547. The highest BCUT2D eigenvalue weighted by molar-refractivity contribution is 7.71. The zero-order valence-electron chi connectivity index (χ0n) is 4.96. The lowest BCUT2D eigenvalue weighted by Gasteiger charge is -1.84. The zero-order valence-corrected chi connectivity index (χ0v) is 5.77. The van der Waals surface area contributed by atoms with Crippen LogP contribution in [0.5, 0.6) is 0 Å². The lowest BCUT2D eigenvalue weighted by molar-refractivity contribution is 1.18. The highest BCUT2D eigenvalue weighted by Crippen LogP contribution is 2.02. The highest BCUT2D eigenvalue weighted by atomic mass is 32.1. The summed E-state index contributed by atoms with van der Waals surface area (Å²) in [4.78, 5) is 13.6. The molecule has 0 aliphatic heterocycles. The molecule has 4 nitrogen and oxygen atoms in total. The van der Waals surface area contributed by atoms with E-state index in [0.29, 0.717) is 4.64 Å². The topological polar surface area (TPSA) is 57.4 Å². The van der Waals surface area contributed by atoms with Crippen molar-refractivity contribution in [1.82, 2.24) is 19.9 Å². The molecule has 10 heavy (non-hydrogen) atoms. The summed E-state index contributed by atoms with van der Waals surface area (Å²) in [7, 11) is 0. The van der Waals surface area contributed by atoms with Crippen molar-refractivity contribution < 1.29 is 0 Å². The third kappa shape index (κ3) is 0.640. The first-order chi connectivity index (χ1) is 4.88. The Kier molecular flexibility index (Phi) is 1.04. The van der Waals surface area contributed by atoms with Crippen LogP contribution in [-0.4, -0.2) is 19.9 Å². The fourth-order valence-electron chi connectivity index (χ4n) is 0.783. The summed E-state index contributed by atoms with van der Waals surface area (Å²) in [6.07, 6.45) is 3.12. The van der Waals surface area contributed by atoms with Crippen LogP contribution >= 0.6 is 12.2 Å². The van der Waals surface area contributed by atoms with Gasteiger partial charge in [0.1, 0.15) is 5.52 Å². The Bertz CT molecular complexity index is 401. The van der Waals surface area contributed by atoms with Gasteiger partial charge in [-0.2, -0.15) is 0 Å². The van der Waals surface area contributed by atoms with Crippen molar-refractivity contribution in [2.45, 2.75) is 0 Å². The van der Waals surface area contributed by atoms with Gasteiger partial charge < -0.3 is 9.97 Å². The molecular weight excluding hydrogens is 151 g/mol. The molecule has 0 aromatic carbocycles. The Hall–Kier alpha value is -1.23. The fraction of sp³-hybridized carbons (Fsp3) is 0. The molecule has 0 saturated carbocycles. The molecule has 2 aromatic heterocycles. The van der Waals surface area contributed by atoms with Crippen LogP contribution < -0.4 is 0 Å². The molecule has 5 heteroatoms. The van der Waals surface area contributed by atoms with Crippen LogP contribution in [0, 0.1) is 4.64 Å². The summed E-state index contributed by atoms with van der Waals surface area (Å²) >= 11 is 4.91. The van der Waals surface area contributed by atoms with E-state index in [1.165, 1.54) is 6.33 Å². The summed E-state index contributed by atoms with van der Waals surface area (Å²) in [6.45, 7) is 0. The van der Waals surface area contributed by atoms with E-state index in [2.05, 4.69) is 19.9 Å². The highest BCUT2D eigenvalue weighted by Gasteiger charge is 1.94. The van der Waals surface area contributed by atoms with Gasteiger partial charge >= 0.3 is 0 Å². The average Bonchev–Trinajstić information content (AvgIpc) is 2.36. The van der Waals surface area contributed by atoms with Gasteiger partial charge in [0.2, 0.25) is 0 Å². The molecule has 2 aromatic rings. The quantitative estimate of drug-likeness (QED) is 0.558. The molecule has 2 rings (SSSR count). The zero-order chi connectivity index (χ0) is 6.97. The van der Waals surface area contributed by atoms with Gasteiger partial charge in [-0.05, 0) is 0 Å². The Morgan fingerprint density at radius 2 is 2.00 bits per heavy atom. The second-order valence-electron chi connectivity index (χ2n) is 1.83. The SMILES string of the molecule is S=c1[15n][13cH][15nH]c2nc[nH]c12. The van der Waals surface area contributed by atoms with Crippen LogP contribution in [0.15, 0.2) is 12.7 Å². The number of fused-ring (bicyclic) bond motifs is 1. The van der Waals surface area contributed by atoms with Gasteiger partial charge in [0.15, 0.2) is 10.3 Å². The molecule has 0 aliphatic rings. The van der Waals surface area contributed by atoms with E-state index in [9.17, 15) is 0 Å². The van der Waals surface area contributed by atoms with Crippen molar-refractivity contribution in [2.24, 2.45) is 0 Å². The Morgan fingerprint density at radius 1 is 1.20 bits per heavy atom. The predicted octanol–water partition coefficient (Wildman–Crippen LogP) is 1.02. The molecule has 2 heterocycles. The summed E-state index contributed by atoms with van der Waals surface area (Å²) in [6, 6.07) is 0. The van der Waals surface area contributed by atoms with E-state index in [-0.39, 0.29) is 0 Å². The van der Waals surface area contributed by atoms with E-state index in [1.54, 1.807) is 6.33 Å². The molecule has 0 amide bonds. The van der Waals surface area contributed by atoms with E-state index in [4.69, 9.17) is 12.2 Å². The van der Waals surface area contributed by atoms with Gasteiger partial charge in [-0.25, -0.2) is 9.97 Å². The summed E-state index contributed by atoms with van der Waals surface area (Å²) < 4.78 is 0.547. The smallest absolute Gasteiger partial charge is 0.159 e. The largest absolute Gasteiger partial charge is 0.341 e. The first kappa shape index (κ1) is 5.55. The maximum Gasteiger partial charge on any atom is 0.159 e. The van der Waals surface area contributed by atoms with Crippen LogP contribution in [-0.2, 0) is 0 Å². The van der Waals surface area contributed by atoms with Crippen LogP contribution in [0.3, 0.4) is 0 Å². The number of hydrogen-bond donors (Lipinski definition) is 2. The lowest BCUT2D eigenvalue weighted by Crippen LogP contribution is -1.80. The molecule has 2 N–H and O–H groups in total. The number of hydrogen-bond acceptors (Lipinski definition) is 3. The van der Waals surface area contributed by atoms with Crippen molar-refractivity contribution in [3.63, 3.8) is 0 Å². The maximum absolute atomic E-state index is 4.91. The van der Waals surface area contributed by atoms with Gasteiger partial charge in [0.05, 0.1) is 12.7 Å². The van der Waals surface area contributed by atoms with Gasteiger partial charge in [0, 0.05) is 0 Å². The molecule has 0 atom stereocenters. The fourth-order valence-corrected chi connectivity index (χ4v) is 0.992. The van der Waals surface area contributed by atoms with Crippen LogP contribution in [0.1, 0.15) is 0 Å². The number of aromatic nitrogens is 4. The standard InChI is InChI=1S/C5H4N4S/c10-5-3-4(7-1-6-3)8-2-9-5/h1-2H,(H2,6,7,8,9,10)/i2+1,8+1,9+1. The van der Waals surface area contributed by atoms with Crippen molar-refractivity contribution in [3.8, 4) is 0 Å². The lowest BCUT2D eigenvalue weighted by atomic mass is 10.6. The molecule has 0 bridgehead atoms. The first-order valence-electron chi connectivity index (χ1n) is 2.75. The third-order valence-electron chi connectivity index (χ3n) is 1.24. The van der Waals surface area contributed by atoms with E-state index in [1.807, 2.05) is 0 Å². The van der Waals surface area contributed by atoms with Gasteiger partial charge in [0.25, 0.3) is 0 Å². The average molecular weight is 155 g/mol. The molecule has 0 saturated heterocycles. The van der Waals surface area contributed by atoms with E-state index < -0.39 is 0 Å². The molecule has 0 aliphatic carbocycles.